The van der Waals surface area contributed by atoms with Gasteiger partial charge in [0, 0.05) is 11.4 Å². The SMILES string of the molecule is CC1(C2CC2)NCCc2ccsc21. The van der Waals surface area contributed by atoms with E-state index in [1.165, 1.54) is 19.3 Å². The summed E-state index contributed by atoms with van der Waals surface area (Å²) in [5.74, 6) is 0.908. The first-order valence-electron chi connectivity index (χ1n) is 5.12. The lowest BCUT2D eigenvalue weighted by molar-refractivity contribution is 0.310. The minimum atomic E-state index is 0.321. The number of thiophene rings is 1. The summed E-state index contributed by atoms with van der Waals surface area (Å²) in [6.45, 7) is 3.55. The Morgan fingerprint density at radius 3 is 3.15 bits per heavy atom. The van der Waals surface area contributed by atoms with Crippen LogP contribution in [0.3, 0.4) is 0 Å². The smallest absolute Gasteiger partial charge is 0.0531 e. The molecule has 13 heavy (non-hydrogen) atoms. The summed E-state index contributed by atoms with van der Waals surface area (Å²) in [7, 11) is 0. The van der Waals surface area contributed by atoms with Gasteiger partial charge < -0.3 is 5.32 Å². The third-order valence-electron chi connectivity index (χ3n) is 3.50. The van der Waals surface area contributed by atoms with Crippen molar-refractivity contribution in [2.75, 3.05) is 6.54 Å². The van der Waals surface area contributed by atoms with Crippen molar-refractivity contribution in [2.45, 2.75) is 31.7 Å². The largest absolute Gasteiger partial charge is 0.306 e. The molecular weight excluding hydrogens is 178 g/mol. The van der Waals surface area contributed by atoms with Gasteiger partial charge in [-0.25, -0.2) is 0 Å². The Labute approximate surface area is 83.2 Å². The first kappa shape index (κ1) is 8.01. The maximum absolute atomic E-state index is 3.71. The van der Waals surface area contributed by atoms with Gasteiger partial charge in [0.15, 0.2) is 0 Å². The Balaban J connectivity index is 2.07. The fraction of sp³-hybridized carbons (Fsp3) is 0.636. The van der Waals surface area contributed by atoms with Crippen molar-refractivity contribution in [3.63, 3.8) is 0 Å². The van der Waals surface area contributed by atoms with Gasteiger partial charge in [-0.1, -0.05) is 0 Å². The van der Waals surface area contributed by atoms with Gasteiger partial charge in [0.25, 0.3) is 0 Å². The number of hydrogen-bond donors (Lipinski definition) is 1. The van der Waals surface area contributed by atoms with Gasteiger partial charge in [0.1, 0.15) is 0 Å². The molecule has 1 fully saturated rings. The highest BCUT2D eigenvalue weighted by Gasteiger charge is 2.45. The molecule has 1 N–H and O–H groups in total. The standard InChI is InChI=1S/C11H15NS/c1-11(9-2-3-9)10-8(4-6-12-11)5-7-13-10/h5,7,9,12H,2-4,6H2,1H3. The van der Waals surface area contributed by atoms with E-state index in [-0.39, 0.29) is 0 Å². The zero-order chi connectivity index (χ0) is 8.89. The molecule has 1 aromatic rings. The number of fused-ring (bicyclic) bond motifs is 1. The average molecular weight is 193 g/mol. The quantitative estimate of drug-likeness (QED) is 0.722. The molecule has 0 bridgehead atoms. The second-order valence-electron chi connectivity index (χ2n) is 4.43. The van der Waals surface area contributed by atoms with Crippen LogP contribution in [0.2, 0.25) is 0 Å². The van der Waals surface area contributed by atoms with E-state index in [2.05, 4.69) is 23.7 Å². The molecule has 1 aliphatic heterocycles. The van der Waals surface area contributed by atoms with Crippen LogP contribution < -0.4 is 5.32 Å². The van der Waals surface area contributed by atoms with Crippen LogP contribution in [-0.2, 0) is 12.0 Å². The van der Waals surface area contributed by atoms with Crippen molar-refractivity contribution >= 4 is 11.3 Å². The van der Waals surface area contributed by atoms with Gasteiger partial charge in [0.05, 0.1) is 5.54 Å². The third kappa shape index (κ3) is 1.09. The van der Waals surface area contributed by atoms with Crippen LogP contribution in [0.4, 0.5) is 0 Å². The summed E-state index contributed by atoms with van der Waals surface area (Å²) in [6.07, 6.45) is 4.06. The first-order valence-corrected chi connectivity index (χ1v) is 6.00. The van der Waals surface area contributed by atoms with Gasteiger partial charge in [-0.2, -0.15) is 0 Å². The van der Waals surface area contributed by atoms with Crippen LogP contribution in [0, 0.1) is 5.92 Å². The van der Waals surface area contributed by atoms with Crippen molar-refractivity contribution in [3.8, 4) is 0 Å². The second kappa shape index (κ2) is 2.58. The van der Waals surface area contributed by atoms with Crippen molar-refractivity contribution in [1.29, 1.82) is 0 Å². The molecule has 1 aliphatic carbocycles. The van der Waals surface area contributed by atoms with E-state index in [1.54, 1.807) is 10.4 Å². The maximum atomic E-state index is 3.71. The summed E-state index contributed by atoms with van der Waals surface area (Å²) in [5.41, 5.74) is 1.92. The van der Waals surface area contributed by atoms with E-state index in [4.69, 9.17) is 0 Å². The molecule has 0 saturated heterocycles. The Bertz CT molecular complexity index is 327. The van der Waals surface area contributed by atoms with E-state index in [1.807, 2.05) is 11.3 Å². The topological polar surface area (TPSA) is 12.0 Å². The van der Waals surface area contributed by atoms with Crippen LogP contribution >= 0.6 is 11.3 Å². The van der Waals surface area contributed by atoms with Gasteiger partial charge in [-0.05, 0) is 49.1 Å². The van der Waals surface area contributed by atoms with Gasteiger partial charge in [0.2, 0.25) is 0 Å². The molecule has 0 radical (unpaired) electrons. The Morgan fingerprint density at radius 2 is 2.38 bits per heavy atom. The highest BCUT2D eigenvalue weighted by molar-refractivity contribution is 7.10. The minimum absolute atomic E-state index is 0.321. The summed E-state index contributed by atoms with van der Waals surface area (Å²) >= 11 is 1.94. The Morgan fingerprint density at radius 1 is 1.54 bits per heavy atom. The van der Waals surface area contributed by atoms with E-state index in [0.717, 1.165) is 12.5 Å². The van der Waals surface area contributed by atoms with E-state index in [9.17, 15) is 0 Å². The molecule has 2 heterocycles. The first-order chi connectivity index (χ1) is 6.31. The number of hydrogen-bond acceptors (Lipinski definition) is 2. The molecule has 0 aromatic carbocycles. The van der Waals surface area contributed by atoms with E-state index < -0.39 is 0 Å². The molecule has 1 saturated carbocycles. The molecular formula is C11H15NS. The third-order valence-corrected chi connectivity index (χ3v) is 4.69. The lowest BCUT2D eigenvalue weighted by atomic mass is 9.87. The molecule has 1 aromatic heterocycles. The monoisotopic (exact) mass is 193 g/mol. The molecule has 3 rings (SSSR count). The van der Waals surface area contributed by atoms with Crippen LogP contribution in [0.25, 0.3) is 0 Å². The highest BCUT2D eigenvalue weighted by atomic mass is 32.1. The highest BCUT2D eigenvalue weighted by Crippen LogP contribution is 2.49. The molecule has 2 aliphatic rings. The molecule has 70 valence electrons. The summed E-state index contributed by atoms with van der Waals surface area (Å²) in [4.78, 5) is 1.61. The maximum Gasteiger partial charge on any atom is 0.0531 e. The Kier molecular flexibility index (Phi) is 1.59. The molecule has 0 amide bonds. The lowest BCUT2D eigenvalue weighted by Gasteiger charge is -2.35. The molecule has 1 atom stereocenters. The number of rotatable bonds is 1. The van der Waals surface area contributed by atoms with Gasteiger partial charge in [-0.15, -0.1) is 11.3 Å². The van der Waals surface area contributed by atoms with E-state index >= 15 is 0 Å². The van der Waals surface area contributed by atoms with Gasteiger partial charge in [-0.3, -0.25) is 0 Å². The van der Waals surface area contributed by atoms with Crippen LogP contribution in [0.1, 0.15) is 30.2 Å². The van der Waals surface area contributed by atoms with Crippen LogP contribution in [0.15, 0.2) is 11.4 Å². The molecule has 1 unspecified atom stereocenters. The Hall–Kier alpha value is -0.340. The van der Waals surface area contributed by atoms with Crippen molar-refractivity contribution in [3.05, 3.63) is 21.9 Å². The summed E-state index contributed by atoms with van der Waals surface area (Å²) < 4.78 is 0. The average Bonchev–Trinajstić information content (AvgIpc) is 2.86. The van der Waals surface area contributed by atoms with Crippen molar-refractivity contribution in [1.82, 2.24) is 5.32 Å². The zero-order valence-electron chi connectivity index (χ0n) is 7.97. The summed E-state index contributed by atoms with van der Waals surface area (Å²) in [5, 5.41) is 5.96. The molecule has 0 spiro atoms. The molecule has 1 nitrogen and oxygen atoms in total. The molecule has 2 heteroatoms. The van der Waals surface area contributed by atoms with E-state index in [0.29, 0.717) is 5.54 Å². The fourth-order valence-electron chi connectivity index (χ4n) is 2.52. The van der Waals surface area contributed by atoms with Crippen molar-refractivity contribution < 1.29 is 0 Å². The lowest BCUT2D eigenvalue weighted by Crippen LogP contribution is -2.45. The van der Waals surface area contributed by atoms with Crippen LogP contribution in [0.5, 0.6) is 0 Å². The normalized spacial score (nSPS) is 33.0. The second-order valence-corrected chi connectivity index (χ2v) is 5.34. The van der Waals surface area contributed by atoms with Crippen molar-refractivity contribution in [2.24, 2.45) is 5.92 Å². The predicted octanol–water partition coefficient (Wildman–Crippen LogP) is 2.52. The van der Waals surface area contributed by atoms with Gasteiger partial charge >= 0.3 is 0 Å². The minimum Gasteiger partial charge on any atom is -0.306 e. The van der Waals surface area contributed by atoms with Crippen LogP contribution in [-0.4, -0.2) is 6.54 Å². The fourth-order valence-corrected chi connectivity index (χ4v) is 3.69. The number of nitrogens with one attached hydrogen (secondary N) is 1. The summed E-state index contributed by atoms with van der Waals surface area (Å²) in [6, 6.07) is 2.31. The predicted molar refractivity (Wildman–Crippen MR) is 56.1 cm³/mol. The zero-order valence-corrected chi connectivity index (χ0v) is 8.79.